The Kier molecular flexibility index (Phi) is 9.55. The number of aromatic nitrogens is 3. The van der Waals surface area contributed by atoms with Crippen molar-refractivity contribution >= 4 is 45.9 Å². The van der Waals surface area contributed by atoms with E-state index in [1.807, 2.05) is 54.6 Å². The van der Waals surface area contributed by atoms with Crippen LogP contribution in [0, 0.1) is 0 Å². The molecule has 0 atom stereocenters. The number of fused-ring (bicyclic) bond motifs is 1. The Morgan fingerprint density at radius 2 is 1.81 bits per heavy atom. The van der Waals surface area contributed by atoms with Gasteiger partial charge < -0.3 is 20.1 Å². The van der Waals surface area contributed by atoms with E-state index >= 15 is 0 Å². The summed E-state index contributed by atoms with van der Waals surface area (Å²) in [5.74, 6) is 0.270. The molecule has 0 fully saturated rings. The van der Waals surface area contributed by atoms with E-state index in [0.29, 0.717) is 33.0 Å². The summed E-state index contributed by atoms with van der Waals surface area (Å²) >= 11 is 2.64. The minimum absolute atomic E-state index is 0.0263. The van der Waals surface area contributed by atoms with Crippen molar-refractivity contribution in [1.29, 1.82) is 0 Å². The van der Waals surface area contributed by atoms with Gasteiger partial charge in [-0.3, -0.25) is 14.2 Å². The number of hydrogen-bond donors (Lipinski definition) is 2. The Morgan fingerprint density at radius 1 is 1.02 bits per heavy atom. The number of esters is 1. The van der Waals surface area contributed by atoms with Crippen LogP contribution < -0.4 is 15.4 Å². The summed E-state index contributed by atoms with van der Waals surface area (Å²) in [4.78, 5) is 39.5. The first-order valence-electron chi connectivity index (χ1n) is 13.6. The highest BCUT2D eigenvalue weighted by atomic mass is 32.2. The number of hydrogen-bond acceptors (Lipinski definition) is 9. The molecule has 0 unspecified atom stereocenters. The monoisotopic (exact) mass is 605 g/mol. The topological polar surface area (TPSA) is 124 Å². The van der Waals surface area contributed by atoms with E-state index in [9.17, 15) is 14.4 Å². The second-order valence-electron chi connectivity index (χ2n) is 9.46. The maximum Gasteiger partial charge on any atom is 0.341 e. The van der Waals surface area contributed by atoms with Crippen LogP contribution in [0.4, 0.5) is 5.00 Å². The van der Waals surface area contributed by atoms with Crippen molar-refractivity contribution in [2.75, 3.05) is 24.8 Å². The molecular formula is C30H31N5O5S2. The first-order chi connectivity index (χ1) is 20.5. The van der Waals surface area contributed by atoms with Crippen LogP contribution in [0.1, 0.15) is 45.5 Å². The molecule has 0 saturated heterocycles. The van der Waals surface area contributed by atoms with Gasteiger partial charge in [-0.05, 0) is 49.4 Å². The molecule has 2 aromatic carbocycles. The van der Waals surface area contributed by atoms with E-state index in [-0.39, 0.29) is 37.1 Å². The smallest absolute Gasteiger partial charge is 0.341 e. The molecule has 5 rings (SSSR count). The summed E-state index contributed by atoms with van der Waals surface area (Å²) in [6.45, 7) is 2.16. The molecule has 10 nitrogen and oxygen atoms in total. The summed E-state index contributed by atoms with van der Waals surface area (Å²) in [7, 11) is 1.57. The second-order valence-corrected chi connectivity index (χ2v) is 11.5. The highest BCUT2D eigenvalue weighted by molar-refractivity contribution is 7.99. The highest BCUT2D eigenvalue weighted by Gasteiger charge is 2.28. The van der Waals surface area contributed by atoms with Crippen molar-refractivity contribution in [2.45, 2.75) is 44.3 Å². The van der Waals surface area contributed by atoms with E-state index < -0.39 is 5.97 Å². The number of carbonyl (C=O) groups excluding carboxylic acids is 3. The predicted molar refractivity (Wildman–Crippen MR) is 162 cm³/mol. The molecule has 1 aliphatic rings. The number of rotatable bonds is 12. The Balaban J connectivity index is 1.32. The fraction of sp³-hybridized carbons (Fsp3) is 0.300. The molecule has 2 heterocycles. The molecular weight excluding hydrogens is 574 g/mol. The standard InChI is InChI=1S/C30H31N5O5S2/c1-3-40-29(38)27-20-12-9-15-23(20)42-28(27)32-26(37)18-41-30-34-33-24(35(30)21-13-7-8-14-22(21)39-2)17-31-25(36)16-19-10-5-4-6-11-19/h4-8,10-11,13-14H,3,9,12,15-18H2,1-2H3,(H,31,36)(H,32,37). The number of anilines is 1. The van der Waals surface area contributed by atoms with Gasteiger partial charge in [0, 0.05) is 4.88 Å². The lowest BCUT2D eigenvalue weighted by molar-refractivity contribution is -0.120. The van der Waals surface area contributed by atoms with E-state index in [1.54, 1.807) is 18.6 Å². The molecule has 0 bridgehead atoms. The van der Waals surface area contributed by atoms with Gasteiger partial charge in [0.15, 0.2) is 11.0 Å². The predicted octanol–water partition coefficient (Wildman–Crippen LogP) is 4.59. The Hall–Kier alpha value is -4.16. The fourth-order valence-electron chi connectivity index (χ4n) is 4.79. The van der Waals surface area contributed by atoms with Crippen molar-refractivity contribution in [2.24, 2.45) is 0 Å². The number of thioether (sulfide) groups is 1. The average molecular weight is 606 g/mol. The molecule has 1 aliphatic carbocycles. The first kappa shape index (κ1) is 29.3. The van der Waals surface area contributed by atoms with Crippen molar-refractivity contribution in [3.05, 3.63) is 82.0 Å². The van der Waals surface area contributed by atoms with Gasteiger partial charge in [0.2, 0.25) is 11.8 Å². The summed E-state index contributed by atoms with van der Waals surface area (Å²) in [5.41, 5.74) is 3.04. The summed E-state index contributed by atoms with van der Waals surface area (Å²) in [6, 6.07) is 16.9. The zero-order chi connectivity index (χ0) is 29.5. The summed E-state index contributed by atoms with van der Waals surface area (Å²) < 4.78 is 12.6. The van der Waals surface area contributed by atoms with Gasteiger partial charge in [0.05, 0.1) is 43.7 Å². The van der Waals surface area contributed by atoms with Gasteiger partial charge in [-0.15, -0.1) is 21.5 Å². The lowest BCUT2D eigenvalue weighted by Gasteiger charge is -2.14. The van der Waals surface area contributed by atoms with Crippen molar-refractivity contribution < 1.29 is 23.9 Å². The van der Waals surface area contributed by atoms with Crippen LogP contribution in [0.2, 0.25) is 0 Å². The van der Waals surface area contributed by atoms with Crippen molar-refractivity contribution in [1.82, 2.24) is 20.1 Å². The number of amides is 2. The van der Waals surface area contributed by atoms with Crippen LogP contribution in [0.5, 0.6) is 5.75 Å². The number of para-hydroxylation sites is 2. The van der Waals surface area contributed by atoms with E-state index in [1.165, 1.54) is 23.1 Å². The molecule has 2 amide bonds. The quantitative estimate of drug-likeness (QED) is 0.178. The van der Waals surface area contributed by atoms with Gasteiger partial charge in [-0.25, -0.2) is 4.79 Å². The van der Waals surface area contributed by atoms with Crippen molar-refractivity contribution in [3.63, 3.8) is 0 Å². The third-order valence-electron chi connectivity index (χ3n) is 6.66. The minimum Gasteiger partial charge on any atom is -0.495 e. The molecule has 2 aromatic heterocycles. The number of nitrogens with zero attached hydrogens (tertiary/aromatic N) is 3. The fourth-order valence-corrected chi connectivity index (χ4v) is 6.85. The zero-order valence-electron chi connectivity index (χ0n) is 23.3. The maximum absolute atomic E-state index is 13.1. The molecule has 0 spiro atoms. The number of aryl methyl sites for hydroxylation is 1. The maximum atomic E-state index is 13.1. The zero-order valence-corrected chi connectivity index (χ0v) is 25.0. The number of nitrogens with one attached hydrogen (secondary N) is 2. The van der Waals surface area contributed by atoms with Gasteiger partial charge >= 0.3 is 5.97 Å². The van der Waals surface area contributed by atoms with Gasteiger partial charge in [0.1, 0.15) is 10.8 Å². The molecule has 2 N–H and O–H groups in total. The number of carbonyl (C=O) groups is 3. The van der Waals surface area contributed by atoms with Gasteiger partial charge in [-0.1, -0.05) is 54.2 Å². The number of methoxy groups -OCH3 is 1. The van der Waals surface area contributed by atoms with E-state index in [4.69, 9.17) is 9.47 Å². The lowest BCUT2D eigenvalue weighted by atomic mass is 10.1. The van der Waals surface area contributed by atoms with E-state index in [2.05, 4.69) is 20.8 Å². The normalized spacial score (nSPS) is 12.0. The average Bonchev–Trinajstić information content (AvgIpc) is 3.70. The largest absolute Gasteiger partial charge is 0.495 e. The molecule has 0 aliphatic heterocycles. The molecule has 0 radical (unpaired) electrons. The highest BCUT2D eigenvalue weighted by Crippen LogP contribution is 2.39. The molecule has 218 valence electrons. The molecule has 4 aromatic rings. The molecule has 12 heteroatoms. The molecule has 42 heavy (non-hydrogen) atoms. The Bertz CT molecular complexity index is 1580. The Labute approximate surface area is 251 Å². The Morgan fingerprint density at radius 3 is 2.60 bits per heavy atom. The third-order valence-corrected chi connectivity index (χ3v) is 8.80. The van der Waals surface area contributed by atoms with Gasteiger partial charge in [-0.2, -0.15) is 0 Å². The van der Waals surface area contributed by atoms with Crippen molar-refractivity contribution in [3.8, 4) is 11.4 Å². The molecule has 0 saturated carbocycles. The number of benzene rings is 2. The van der Waals surface area contributed by atoms with Gasteiger partial charge in [0.25, 0.3) is 0 Å². The van der Waals surface area contributed by atoms with Crippen LogP contribution in [-0.4, -0.2) is 52.0 Å². The van der Waals surface area contributed by atoms with Crippen LogP contribution in [-0.2, 0) is 40.1 Å². The second kappa shape index (κ2) is 13.7. The van der Waals surface area contributed by atoms with E-state index in [0.717, 1.165) is 35.3 Å². The number of ether oxygens (including phenoxy) is 2. The van der Waals surface area contributed by atoms with Crippen LogP contribution in [0.15, 0.2) is 59.8 Å². The third kappa shape index (κ3) is 6.66. The van der Waals surface area contributed by atoms with Crippen LogP contribution in [0.3, 0.4) is 0 Å². The van der Waals surface area contributed by atoms with Crippen LogP contribution >= 0.6 is 23.1 Å². The van der Waals surface area contributed by atoms with Crippen LogP contribution in [0.25, 0.3) is 5.69 Å². The first-order valence-corrected chi connectivity index (χ1v) is 15.4. The SMILES string of the molecule is CCOC(=O)c1c(NC(=O)CSc2nnc(CNC(=O)Cc3ccccc3)n2-c2ccccc2OC)sc2c1CCC2. The lowest BCUT2D eigenvalue weighted by Crippen LogP contribution is -2.26. The number of thiophene rings is 1. The summed E-state index contributed by atoms with van der Waals surface area (Å²) in [5, 5.41) is 15.5. The minimum atomic E-state index is -0.408. The summed E-state index contributed by atoms with van der Waals surface area (Å²) in [6.07, 6.45) is 2.93.